The Kier molecular flexibility index (Phi) is 4.81. The van der Waals surface area contributed by atoms with Crippen molar-refractivity contribution in [2.45, 2.75) is 66.1 Å². The summed E-state index contributed by atoms with van der Waals surface area (Å²) in [5.74, 6) is 0. The topological polar surface area (TPSA) is 18.5 Å². The molecule has 0 rings (SSSR count). The van der Waals surface area contributed by atoms with Crippen LogP contribution in [0, 0.1) is 5.41 Å². The van der Waals surface area contributed by atoms with Crippen LogP contribution in [-0.2, 0) is 9.47 Å². The summed E-state index contributed by atoms with van der Waals surface area (Å²) in [7, 11) is 1.74. The lowest BCUT2D eigenvalue weighted by Crippen LogP contribution is -2.40. The zero-order chi connectivity index (χ0) is 12.3. The van der Waals surface area contributed by atoms with Gasteiger partial charge in [-0.15, -0.1) is 0 Å². The van der Waals surface area contributed by atoms with E-state index in [9.17, 15) is 0 Å². The van der Waals surface area contributed by atoms with Crippen LogP contribution in [0.15, 0.2) is 0 Å². The van der Waals surface area contributed by atoms with Crippen molar-refractivity contribution in [1.82, 2.24) is 0 Å². The van der Waals surface area contributed by atoms with E-state index < -0.39 is 0 Å². The highest BCUT2D eigenvalue weighted by atomic mass is 16.5. The molecule has 2 nitrogen and oxygen atoms in total. The molecule has 0 fully saturated rings. The molecule has 2 heteroatoms. The predicted octanol–water partition coefficient (Wildman–Crippen LogP) is 3.64. The second-order valence-electron chi connectivity index (χ2n) is 6.32. The molecular weight excluding hydrogens is 188 g/mol. The van der Waals surface area contributed by atoms with Crippen LogP contribution in [0.2, 0.25) is 0 Å². The molecule has 0 atom stereocenters. The van der Waals surface area contributed by atoms with Gasteiger partial charge in [0.15, 0.2) is 0 Å². The van der Waals surface area contributed by atoms with E-state index in [1.54, 1.807) is 7.11 Å². The molecule has 0 amide bonds. The zero-order valence-corrected chi connectivity index (χ0v) is 11.7. The van der Waals surface area contributed by atoms with Crippen molar-refractivity contribution in [3.63, 3.8) is 0 Å². The highest BCUT2D eigenvalue weighted by molar-refractivity contribution is 4.84. The molecule has 0 unspecified atom stereocenters. The van der Waals surface area contributed by atoms with E-state index in [0.29, 0.717) is 0 Å². The maximum Gasteiger partial charge on any atom is 0.0674 e. The summed E-state index contributed by atoms with van der Waals surface area (Å²) in [5.41, 5.74) is -0.0327. The number of methoxy groups -OCH3 is 1. The summed E-state index contributed by atoms with van der Waals surface area (Å²) in [4.78, 5) is 0. The van der Waals surface area contributed by atoms with Crippen molar-refractivity contribution in [1.29, 1.82) is 0 Å². The fourth-order valence-corrected chi connectivity index (χ4v) is 0.871. The molecule has 0 aromatic carbocycles. The van der Waals surface area contributed by atoms with E-state index in [2.05, 4.69) is 48.5 Å². The minimum absolute atomic E-state index is 0.0893. The fraction of sp³-hybridized carbons (Fsp3) is 1.00. The Balaban J connectivity index is 4.07. The van der Waals surface area contributed by atoms with Crippen LogP contribution in [0.4, 0.5) is 0 Å². The summed E-state index contributed by atoms with van der Waals surface area (Å²) >= 11 is 0. The molecular formula is C13H28O2. The summed E-state index contributed by atoms with van der Waals surface area (Å²) in [6.45, 7) is 15.8. The third-order valence-electron chi connectivity index (χ3n) is 3.53. The molecule has 0 saturated carbocycles. The van der Waals surface area contributed by atoms with Gasteiger partial charge in [0.25, 0.3) is 0 Å². The van der Waals surface area contributed by atoms with Gasteiger partial charge in [0.1, 0.15) is 0 Å². The van der Waals surface area contributed by atoms with Gasteiger partial charge >= 0.3 is 0 Å². The SMILES string of the molecule is COC(C)(C)CCOC(C)(C)C(C)(C)C. The van der Waals surface area contributed by atoms with Gasteiger partial charge in [0.2, 0.25) is 0 Å². The van der Waals surface area contributed by atoms with E-state index in [1.807, 2.05) is 0 Å². The predicted molar refractivity (Wildman–Crippen MR) is 65.2 cm³/mol. The van der Waals surface area contributed by atoms with Crippen LogP contribution in [0.25, 0.3) is 0 Å². The molecule has 0 saturated heterocycles. The molecule has 0 bridgehead atoms. The van der Waals surface area contributed by atoms with E-state index in [1.165, 1.54) is 0 Å². The van der Waals surface area contributed by atoms with E-state index >= 15 is 0 Å². The Morgan fingerprint density at radius 1 is 0.867 bits per heavy atom. The van der Waals surface area contributed by atoms with Gasteiger partial charge in [-0.05, 0) is 39.5 Å². The molecule has 0 heterocycles. The Morgan fingerprint density at radius 3 is 1.67 bits per heavy atom. The molecule has 0 aromatic rings. The smallest absolute Gasteiger partial charge is 0.0674 e. The van der Waals surface area contributed by atoms with E-state index in [-0.39, 0.29) is 16.6 Å². The minimum Gasteiger partial charge on any atom is -0.379 e. The van der Waals surface area contributed by atoms with Crippen LogP contribution in [-0.4, -0.2) is 24.9 Å². The van der Waals surface area contributed by atoms with Gasteiger partial charge in [0.05, 0.1) is 17.8 Å². The monoisotopic (exact) mass is 216 g/mol. The van der Waals surface area contributed by atoms with Crippen LogP contribution < -0.4 is 0 Å². The first-order valence-electron chi connectivity index (χ1n) is 5.71. The van der Waals surface area contributed by atoms with Gasteiger partial charge in [-0.3, -0.25) is 0 Å². The fourth-order valence-electron chi connectivity index (χ4n) is 0.871. The largest absolute Gasteiger partial charge is 0.379 e. The maximum atomic E-state index is 5.95. The average Bonchev–Trinajstić information content (AvgIpc) is 2.01. The van der Waals surface area contributed by atoms with Crippen LogP contribution in [0.5, 0.6) is 0 Å². The third-order valence-corrected chi connectivity index (χ3v) is 3.53. The minimum atomic E-state index is -0.100. The molecule has 0 aliphatic carbocycles. The second-order valence-corrected chi connectivity index (χ2v) is 6.32. The summed E-state index contributed by atoms with van der Waals surface area (Å²) in [5, 5.41) is 0. The van der Waals surface area contributed by atoms with Crippen molar-refractivity contribution >= 4 is 0 Å². The van der Waals surface area contributed by atoms with E-state index in [0.717, 1.165) is 13.0 Å². The number of rotatable bonds is 5. The summed E-state index contributed by atoms with van der Waals surface area (Å²) < 4.78 is 11.3. The van der Waals surface area contributed by atoms with Crippen molar-refractivity contribution < 1.29 is 9.47 Å². The first-order valence-corrected chi connectivity index (χ1v) is 5.71. The molecule has 15 heavy (non-hydrogen) atoms. The maximum absolute atomic E-state index is 5.95. The average molecular weight is 216 g/mol. The van der Waals surface area contributed by atoms with Crippen molar-refractivity contribution in [3.05, 3.63) is 0 Å². The molecule has 0 radical (unpaired) electrons. The first kappa shape index (κ1) is 14.9. The van der Waals surface area contributed by atoms with Crippen molar-refractivity contribution in [2.24, 2.45) is 5.41 Å². The second kappa shape index (κ2) is 4.84. The number of hydrogen-bond acceptors (Lipinski definition) is 2. The molecule has 0 aliphatic heterocycles. The molecule has 0 aromatic heterocycles. The lowest BCUT2D eigenvalue weighted by molar-refractivity contribution is -0.108. The quantitative estimate of drug-likeness (QED) is 0.698. The zero-order valence-electron chi connectivity index (χ0n) is 11.7. The highest BCUT2D eigenvalue weighted by Gasteiger charge is 2.34. The van der Waals surface area contributed by atoms with Gasteiger partial charge in [-0.1, -0.05) is 20.8 Å². The summed E-state index contributed by atoms with van der Waals surface area (Å²) in [6, 6.07) is 0. The standard InChI is InChI=1S/C13H28O2/c1-11(2,3)13(6,7)15-10-9-12(4,5)14-8/h9-10H2,1-8H3. The van der Waals surface area contributed by atoms with Gasteiger partial charge in [-0.2, -0.15) is 0 Å². The Labute approximate surface area is 95.3 Å². The molecule has 0 spiro atoms. The lowest BCUT2D eigenvalue weighted by atomic mass is 9.79. The van der Waals surface area contributed by atoms with Gasteiger partial charge in [0, 0.05) is 7.11 Å². The Morgan fingerprint density at radius 2 is 1.33 bits per heavy atom. The van der Waals surface area contributed by atoms with Gasteiger partial charge in [-0.25, -0.2) is 0 Å². The number of ether oxygens (including phenoxy) is 2. The van der Waals surface area contributed by atoms with Gasteiger partial charge < -0.3 is 9.47 Å². The van der Waals surface area contributed by atoms with Crippen molar-refractivity contribution in [3.8, 4) is 0 Å². The van der Waals surface area contributed by atoms with Crippen LogP contribution >= 0.6 is 0 Å². The molecule has 92 valence electrons. The molecule has 0 aliphatic rings. The Bertz CT molecular complexity index is 187. The summed E-state index contributed by atoms with van der Waals surface area (Å²) in [6.07, 6.45) is 0.920. The number of hydrogen-bond donors (Lipinski definition) is 0. The van der Waals surface area contributed by atoms with E-state index in [4.69, 9.17) is 9.47 Å². The van der Waals surface area contributed by atoms with Crippen LogP contribution in [0.3, 0.4) is 0 Å². The third kappa shape index (κ3) is 4.98. The van der Waals surface area contributed by atoms with Crippen LogP contribution in [0.1, 0.15) is 54.9 Å². The first-order chi connectivity index (χ1) is 6.52. The highest BCUT2D eigenvalue weighted by Crippen LogP contribution is 2.33. The van der Waals surface area contributed by atoms with Crippen molar-refractivity contribution in [2.75, 3.05) is 13.7 Å². The lowest BCUT2D eigenvalue weighted by Gasteiger charge is -2.39. The molecule has 0 N–H and O–H groups in total. The Hall–Kier alpha value is -0.0800. The normalized spacial score (nSPS) is 14.4.